The predicted molar refractivity (Wildman–Crippen MR) is 157 cm³/mol. The van der Waals surface area contributed by atoms with Gasteiger partial charge in [0.05, 0.1) is 0 Å². The van der Waals surface area contributed by atoms with Crippen molar-refractivity contribution in [1.29, 1.82) is 0 Å². The van der Waals surface area contributed by atoms with Crippen LogP contribution < -0.4 is 9.05 Å². The zero-order valence-electron chi connectivity index (χ0n) is 23.5. The van der Waals surface area contributed by atoms with Crippen LogP contribution in [0.25, 0.3) is 0 Å². The number of unbranched alkanes of at least 4 members (excludes halogenated alkanes) is 14. The summed E-state index contributed by atoms with van der Waals surface area (Å²) in [5.41, 5.74) is 2.24. The van der Waals surface area contributed by atoms with Crippen LogP contribution in [0.4, 0.5) is 0 Å². The van der Waals surface area contributed by atoms with E-state index in [4.69, 9.17) is 9.05 Å². The molecule has 2 aromatic carbocycles. The van der Waals surface area contributed by atoms with E-state index in [-0.39, 0.29) is 0 Å². The first-order chi connectivity index (χ1) is 18.0. The maximum Gasteiger partial charge on any atom is 0.584 e. The van der Waals surface area contributed by atoms with Gasteiger partial charge in [0.1, 0.15) is 11.5 Å². The lowest BCUT2D eigenvalue weighted by Crippen LogP contribution is -2.00. The third kappa shape index (κ3) is 15.3. The van der Waals surface area contributed by atoms with Crippen molar-refractivity contribution in [2.45, 2.75) is 129 Å². The maximum atomic E-state index is 12.7. The van der Waals surface area contributed by atoms with E-state index in [1.807, 2.05) is 36.4 Å². The van der Waals surface area contributed by atoms with Crippen LogP contribution in [0.2, 0.25) is 0 Å². The lowest BCUT2D eigenvalue weighted by atomic mass is 10.0. The third-order valence-corrected chi connectivity index (χ3v) is 7.76. The van der Waals surface area contributed by atoms with E-state index in [0.29, 0.717) is 11.5 Å². The van der Waals surface area contributed by atoms with E-state index in [1.54, 1.807) is 12.1 Å². The van der Waals surface area contributed by atoms with Crippen molar-refractivity contribution in [3.05, 3.63) is 59.7 Å². The number of aryl methyl sites for hydroxylation is 2. The molecule has 0 unspecified atom stereocenters. The monoisotopic (exact) mass is 530 g/mol. The van der Waals surface area contributed by atoms with Crippen LogP contribution in [0, 0.1) is 0 Å². The highest BCUT2D eigenvalue weighted by Crippen LogP contribution is 2.44. The number of hydrogen-bond acceptors (Lipinski definition) is 3. The minimum Gasteiger partial charge on any atom is -0.395 e. The molecule has 0 heterocycles. The average Bonchev–Trinajstić information content (AvgIpc) is 2.87. The van der Waals surface area contributed by atoms with Gasteiger partial charge in [-0.2, -0.15) is 0 Å². The smallest absolute Gasteiger partial charge is 0.395 e. The topological polar surface area (TPSA) is 55.8 Å². The van der Waals surface area contributed by atoms with Gasteiger partial charge >= 0.3 is 7.82 Å². The Hall–Kier alpha value is -1.77. The molecule has 4 nitrogen and oxygen atoms in total. The average molecular weight is 531 g/mol. The van der Waals surface area contributed by atoms with Gasteiger partial charge in [0.2, 0.25) is 0 Å². The van der Waals surface area contributed by atoms with Crippen molar-refractivity contribution in [1.82, 2.24) is 0 Å². The van der Waals surface area contributed by atoms with Gasteiger partial charge in [-0.15, -0.1) is 0 Å². The largest absolute Gasteiger partial charge is 0.584 e. The van der Waals surface area contributed by atoms with Gasteiger partial charge in [0.25, 0.3) is 0 Å². The van der Waals surface area contributed by atoms with Crippen molar-refractivity contribution in [3.8, 4) is 11.5 Å². The molecule has 2 aromatic rings. The van der Waals surface area contributed by atoms with Crippen molar-refractivity contribution < 1.29 is 18.5 Å². The summed E-state index contributed by atoms with van der Waals surface area (Å²) < 4.78 is 23.5. The summed E-state index contributed by atoms with van der Waals surface area (Å²) in [5, 5.41) is 0. The summed E-state index contributed by atoms with van der Waals surface area (Å²) in [5.74, 6) is 0.746. The number of benzene rings is 2. The van der Waals surface area contributed by atoms with Gasteiger partial charge in [-0.1, -0.05) is 128 Å². The molecule has 0 bridgehead atoms. The fourth-order valence-corrected chi connectivity index (χ4v) is 5.52. The Labute approximate surface area is 226 Å². The van der Waals surface area contributed by atoms with E-state index in [9.17, 15) is 9.46 Å². The third-order valence-electron chi connectivity index (χ3n) is 6.88. The molecule has 37 heavy (non-hydrogen) atoms. The van der Waals surface area contributed by atoms with Crippen molar-refractivity contribution in [3.63, 3.8) is 0 Å². The Kier molecular flexibility index (Phi) is 16.4. The lowest BCUT2D eigenvalue weighted by molar-refractivity contribution is 0.291. The predicted octanol–water partition coefficient (Wildman–Crippen LogP) is 10.6. The molecule has 2 rings (SSSR count). The molecule has 0 saturated heterocycles. The normalized spacial score (nSPS) is 11.5. The van der Waals surface area contributed by atoms with Crippen molar-refractivity contribution in [2.24, 2.45) is 0 Å². The molecule has 0 fully saturated rings. The molecular formula is C32H51O4P. The zero-order chi connectivity index (χ0) is 26.6. The van der Waals surface area contributed by atoms with E-state index >= 15 is 0 Å². The fraction of sp³-hybridized carbons (Fsp3) is 0.625. The minimum absolute atomic E-state index is 0.373. The highest BCUT2D eigenvalue weighted by Gasteiger charge is 2.25. The summed E-state index contributed by atoms with van der Waals surface area (Å²) in [7, 11) is -4.28. The first kappa shape index (κ1) is 31.4. The zero-order valence-corrected chi connectivity index (χ0v) is 24.4. The fourth-order valence-electron chi connectivity index (χ4n) is 4.73. The Morgan fingerprint density at radius 2 is 0.919 bits per heavy atom. The van der Waals surface area contributed by atoms with E-state index < -0.39 is 7.82 Å². The van der Waals surface area contributed by atoms with Crippen LogP contribution in [0.3, 0.4) is 0 Å². The molecule has 1 N–H and O–H groups in total. The SMILES string of the molecule is CCCCCCCCCCc1cccc(OP(=O)(O)Oc2cccc(CCCCCCCCCC)c2)c1. The van der Waals surface area contributed by atoms with Crippen LogP contribution in [-0.2, 0) is 17.4 Å². The second kappa shape index (κ2) is 19.3. The van der Waals surface area contributed by atoms with Crippen LogP contribution in [-0.4, -0.2) is 4.89 Å². The van der Waals surface area contributed by atoms with Crippen LogP contribution >= 0.6 is 7.82 Å². The maximum absolute atomic E-state index is 12.7. The van der Waals surface area contributed by atoms with Crippen molar-refractivity contribution in [2.75, 3.05) is 0 Å². The Morgan fingerprint density at radius 3 is 1.30 bits per heavy atom. The Morgan fingerprint density at radius 1 is 0.568 bits per heavy atom. The number of phosphoric ester groups is 1. The summed E-state index contributed by atoms with van der Waals surface area (Å²) in [6, 6.07) is 15.0. The highest BCUT2D eigenvalue weighted by molar-refractivity contribution is 7.48. The molecule has 0 aliphatic carbocycles. The summed E-state index contributed by atoms with van der Waals surface area (Å²) >= 11 is 0. The summed E-state index contributed by atoms with van der Waals surface area (Å²) in [6.07, 6.45) is 22.4. The van der Waals surface area contributed by atoms with Gasteiger partial charge in [-0.25, -0.2) is 4.57 Å². The molecule has 0 saturated carbocycles. The van der Waals surface area contributed by atoms with E-state index in [1.165, 1.54) is 89.9 Å². The molecule has 0 aliphatic heterocycles. The molecule has 0 radical (unpaired) electrons. The van der Waals surface area contributed by atoms with Crippen LogP contribution in [0.1, 0.15) is 128 Å². The number of rotatable bonds is 22. The molecule has 0 amide bonds. The minimum atomic E-state index is -4.28. The molecule has 208 valence electrons. The summed E-state index contributed by atoms with van der Waals surface area (Å²) in [6.45, 7) is 4.49. The Balaban J connectivity index is 1.72. The van der Waals surface area contributed by atoms with Gasteiger partial charge in [0, 0.05) is 0 Å². The number of phosphoric acid groups is 1. The molecule has 0 aromatic heterocycles. The quantitative estimate of drug-likeness (QED) is 0.121. The van der Waals surface area contributed by atoms with Gasteiger partial charge < -0.3 is 9.05 Å². The highest BCUT2D eigenvalue weighted by atomic mass is 31.2. The molecule has 5 heteroatoms. The van der Waals surface area contributed by atoms with Gasteiger partial charge in [-0.3, -0.25) is 4.89 Å². The second-order valence-electron chi connectivity index (χ2n) is 10.4. The van der Waals surface area contributed by atoms with Crippen molar-refractivity contribution >= 4 is 7.82 Å². The molecule has 0 atom stereocenters. The van der Waals surface area contributed by atoms with Gasteiger partial charge in [0.15, 0.2) is 0 Å². The van der Waals surface area contributed by atoms with Crippen LogP contribution in [0.5, 0.6) is 11.5 Å². The lowest BCUT2D eigenvalue weighted by Gasteiger charge is -2.15. The molecule has 0 aliphatic rings. The van der Waals surface area contributed by atoms with Crippen LogP contribution in [0.15, 0.2) is 48.5 Å². The van der Waals surface area contributed by atoms with E-state index in [0.717, 1.165) is 36.8 Å². The molecular weight excluding hydrogens is 479 g/mol. The Bertz CT molecular complexity index is 828. The first-order valence-electron chi connectivity index (χ1n) is 14.9. The standard InChI is InChI=1S/C32H51O4P/c1-3-5-7-9-11-13-15-17-21-29-23-19-25-31(27-29)35-37(33,34)36-32-26-20-24-30(28-32)22-18-16-14-12-10-8-6-4-2/h19-20,23-28H,3-18,21-22H2,1-2H3,(H,33,34). The van der Waals surface area contributed by atoms with Gasteiger partial charge in [-0.05, 0) is 61.1 Å². The van der Waals surface area contributed by atoms with E-state index in [2.05, 4.69) is 13.8 Å². The summed E-state index contributed by atoms with van der Waals surface area (Å²) in [4.78, 5) is 10.4. The molecule has 0 spiro atoms. The first-order valence-corrected chi connectivity index (χ1v) is 16.4. The number of hydrogen-bond donors (Lipinski definition) is 1. The second-order valence-corrected chi connectivity index (χ2v) is 11.7.